The van der Waals surface area contributed by atoms with Crippen LogP contribution in [0.1, 0.15) is 54.0 Å². The number of amides is 2. The van der Waals surface area contributed by atoms with Crippen molar-refractivity contribution in [2.24, 2.45) is 0 Å². The molecule has 0 aliphatic heterocycles. The first-order chi connectivity index (χ1) is 13.8. The molecule has 0 bridgehead atoms. The van der Waals surface area contributed by atoms with Crippen molar-refractivity contribution in [3.8, 4) is 11.3 Å². The second-order valence-corrected chi connectivity index (χ2v) is 7.81. The van der Waals surface area contributed by atoms with Gasteiger partial charge in [-0.05, 0) is 24.6 Å². The van der Waals surface area contributed by atoms with Crippen molar-refractivity contribution in [1.29, 1.82) is 0 Å². The molecule has 152 valence electrons. The quantitative estimate of drug-likeness (QED) is 0.534. The van der Waals surface area contributed by atoms with Crippen LogP contribution in [0, 0.1) is 0 Å². The number of benzene rings is 1. The Balaban J connectivity index is 1.40. The highest BCUT2D eigenvalue weighted by Crippen LogP contribution is 2.24. The molecule has 0 spiro atoms. The molecule has 3 rings (SSSR count). The summed E-state index contributed by atoms with van der Waals surface area (Å²) in [4.78, 5) is 24.4. The van der Waals surface area contributed by atoms with Crippen molar-refractivity contribution in [3.63, 3.8) is 0 Å². The minimum absolute atomic E-state index is 0.143. The molecule has 0 fully saturated rings. The monoisotopic (exact) mass is 394 g/mol. The highest BCUT2D eigenvalue weighted by atomic mass is 16.4. The predicted molar refractivity (Wildman–Crippen MR) is 111 cm³/mol. The van der Waals surface area contributed by atoms with E-state index in [4.69, 9.17) is 4.42 Å². The number of H-pyrrole nitrogens is 1. The van der Waals surface area contributed by atoms with Gasteiger partial charge in [0.1, 0.15) is 11.5 Å². The molecule has 0 aliphatic carbocycles. The van der Waals surface area contributed by atoms with Crippen molar-refractivity contribution in [1.82, 2.24) is 20.8 Å². The van der Waals surface area contributed by atoms with E-state index in [-0.39, 0.29) is 17.2 Å². The van der Waals surface area contributed by atoms with Crippen LogP contribution in [-0.2, 0) is 5.41 Å². The molecule has 1 aromatic carbocycles. The Labute approximate surface area is 169 Å². The van der Waals surface area contributed by atoms with Gasteiger partial charge in [0.15, 0.2) is 5.76 Å². The van der Waals surface area contributed by atoms with Crippen LogP contribution in [0.3, 0.4) is 0 Å². The zero-order valence-corrected chi connectivity index (χ0v) is 16.9. The molecular formula is C22H26N4O3. The molecule has 0 unspecified atom stereocenters. The van der Waals surface area contributed by atoms with Gasteiger partial charge in [-0.3, -0.25) is 14.7 Å². The van der Waals surface area contributed by atoms with Gasteiger partial charge in [-0.15, -0.1) is 0 Å². The molecule has 2 amide bonds. The number of nitrogens with one attached hydrogen (secondary N) is 3. The SMILES string of the molecule is CC(C)(C)c1ccc(C(=O)NCCCNC(=O)c2cc(-c3ccccc3)n[nH]2)o1. The number of rotatable bonds is 7. The average molecular weight is 394 g/mol. The summed E-state index contributed by atoms with van der Waals surface area (Å²) < 4.78 is 5.61. The lowest BCUT2D eigenvalue weighted by atomic mass is 9.94. The smallest absolute Gasteiger partial charge is 0.286 e. The lowest BCUT2D eigenvalue weighted by Crippen LogP contribution is -2.30. The fourth-order valence-electron chi connectivity index (χ4n) is 2.73. The molecule has 2 aromatic heterocycles. The van der Waals surface area contributed by atoms with Gasteiger partial charge in [0.2, 0.25) is 0 Å². The maximum Gasteiger partial charge on any atom is 0.286 e. The van der Waals surface area contributed by atoms with E-state index in [0.29, 0.717) is 31.0 Å². The molecule has 29 heavy (non-hydrogen) atoms. The topological polar surface area (TPSA) is 100 Å². The molecule has 2 heterocycles. The summed E-state index contributed by atoms with van der Waals surface area (Å²) in [6.07, 6.45) is 0.601. The number of hydrogen-bond acceptors (Lipinski definition) is 4. The molecule has 3 N–H and O–H groups in total. The van der Waals surface area contributed by atoms with Gasteiger partial charge >= 0.3 is 0 Å². The highest BCUT2D eigenvalue weighted by Gasteiger charge is 2.20. The van der Waals surface area contributed by atoms with Crippen LogP contribution in [0.25, 0.3) is 11.3 Å². The van der Waals surface area contributed by atoms with Crippen LogP contribution >= 0.6 is 0 Å². The van der Waals surface area contributed by atoms with Gasteiger partial charge in [-0.2, -0.15) is 5.10 Å². The highest BCUT2D eigenvalue weighted by molar-refractivity contribution is 5.93. The Morgan fingerprint density at radius 2 is 1.69 bits per heavy atom. The molecule has 0 saturated carbocycles. The van der Waals surface area contributed by atoms with Crippen molar-refractivity contribution in [2.75, 3.05) is 13.1 Å². The average Bonchev–Trinajstić information content (AvgIpc) is 3.38. The molecule has 0 atom stereocenters. The molecule has 0 saturated heterocycles. The summed E-state index contributed by atoms with van der Waals surface area (Å²) in [7, 11) is 0. The van der Waals surface area contributed by atoms with E-state index in [1.807, 2.05) is 57.2 Å². The number of furan rings is 1. The van der Waals surface area contributed by atoms with E-state index in [0.717, 1.165) is 17.0 Å². The van der Waals surface area contributed by atoms with Gasteiger partial charge in [-0.1, -0.05) is 51.1 Å². The minimum atomic E-state index is -0.257. The van der Waals surface area contributed by atoms with E-state index in [2.05, 4.69) is 20.8 Å². The second-order valence-electron chi connectivity index (χ2n) is 7.81. The maximum absolute atomic E-state index is 12.2. The third kappa shape index (κ3) is 5.34. The molecule has 0 radical (unpaired) electrons. The van der Waals surface area contributed by atoms with Gasteiger partial charge in [0.05, 0.1) is 5.69 Å². The number of aromatic nitrogens is 2. The van der Waals surface area contributed by atoms with Crippen molar-refractivity contribution in [2.45, 2.75) is 32.6 Å². The van der Waals surface area contributed by atoms with Gasteiger partial charge in [-0.25, -0.2) is 0 Å². The van der Waals surface area contributed by atoms with Crippen LogP contribution in [0.15, 0.2) is 52.9 Å². The van der Waals surface area contributed by atoms with Crippen LogP contribution in [0.5, 0.6) is 0 Å². The fraction of sp³-hybridized carbons (Fsp3) is 0.318. The van der Waals surface area contributed by atoms with E-state index < -0.39 is 0 Å². The summed E-state index contributed by atoms with van der Waals surface area (Å²) in [5.74, 6) is 0.578. The summed E-state index contributed by atoms with van der Waals surface area (Å²) in [6, 6.07) is 14.9. The Morgan fingerprint density at radius 3 is 2.34 bits per heavy atom. The third-order valence-electron chi connectivity index (χ3n) is 4.39. The molecule has 7 nitrogen and oxygen atoms in total. The summed E-state index contributed by atoms with van der Waals surface area (Å²) in [6.45, 7) is 6.95. The fourth-order valence-corrected chi connectivity index (χ4v) is 2.73. The summed E-state index contributed by atoms with van der Waals surface area (Å²) in [5, 5.41) is 12.5. The van der Waals surface area contributed by atoms with Crippen LogP contribution in [0.4, 0.5) is 0 Å². The van der Waals surface area contributed by atoms with Gasteiger partial charge < -0.3 is 15.1 Å². The zero-order valence-electron chi connectivity index (χ0n) is 16.9. The number of nitrogens with zero attached hydrogens (tertiary/aromatic N) is 1. The first kappa shape index (κ1) is 20.4. The molecule has 3 aromatic rings. The number of carbonyl (C=O) groups excluding carboxylic acids is 2. The normalized spacial score (nSPS) is 11.3. The number of hydrogen-bond donors (Lipinski definition) is 3. The lowest BCUT2D eigenvalue weighted by molar-refractivity contribution is 0.0922. The Kier molecular flexibility index (Phi) is 6.16. The summed E-state index contributed by atoms with van der Waals surface area (Å²) in [5.41, 5.74) is 1.92. The van der Waals surface area contributed by atoms with Crippen molar-refractivity contribution in [3.05, 3.63) is 65.7 Å². The third-order valence-corrected chi connectivity index (χ3v) is 4.39. The maximum atomic E-state index is 12.2. The largest absolute Gasteiger partial charge is 0.455 e. The standard InChI is InChI=1S/C22H26N4O3/c1-22(2,3)19-11-10-18(29-19)21(28)24-13-7-12-23-20(27)17-14-16(25-26-17)15-8-5-4-6-9-15/h4-6,8-11,14H,7,12-13H2,1-3H3,(H,23,27)(H,24,28)(H,25,26). The summed E-state index contributed by atoms with van der Waals surface area (Å²) >= 11 is 0. The van der Waals surface area contributed by atoms with E-state index >= 15 is 0 Å². The molecule has 7 heteroatoms. The number of carbonyl (C=O) groups is 2. The predicted octanol–water partition coefficient (Wildman–Crippen LogP) is 3.52. The van der Waals surface area contributed by atoms with E-state index in [1.54, 1.807) is 12.1 Å². The Bertz CT molecular complexity index is 967. The zero-order chi connectivity index (χ0) is 20.9. The van der Waals surface area contributed by atoms with E-state index in [9.17, 15) is 9.59 Å². The second kappa shape index (κ2) is 8.77. The lowest BCUT2D eigenvalue weighted by Gasteiger charge is -2.14. The molecule has 0 aliphatic rings. The van der Waals surface area contributed by atoms with Crippen molar-refractivity contribution >= 4 is 11.8 Å². The minimum Gasteiger partial charge on any atom is -0.455 e. The van der Waals surface area contributed by atoms with E-state index in [1.165, 1.54) is 0 Å². The van der Waals surface area contributed by atoms with Crippen LogP contribution in [-0.4, -0.2) is 35.1 Å². The van der Waals surface area contributed by atoms with Gasteiger partial charge in [0, 0.05) is 24.1 Å². The first-order valence-corrected chi connectivity index (χ1v) is 9.62. The van der Waals surface area contributed by atoms with Crippen LogP contribution in [0.2, 0.25) is 0 Å². The Morgan fingerprint density at radius 1 is 1.00 bits per heavy atom. The first-order valence-electron chi connectivity index (χ1n) is 9.62. The van der Waals surface area contributed by atoms with Crippen LogP contribution < -0.4 is 10.6 Å². The Hall–Kier alpha value is -3.35. The molecular weight excluding hydrogens is 368 g/mol. The van der Waals surface area contributed by atoms with Gasteiger partial charge in [0.25, 0.3) is 11.8 Å². The number of aromatic amines is 1. The van der Waals surface area contributed by atoms with Crippen molar-refractivity contribution < 1.29 is 14.0 Å².